The molecule has 5 heteroatoms. The van der Waals surface area contributed by atoms with Gasteiger partial charge in [0.15, 0.2) is 11.6 Å². The maximum absolute atomic E-state index is 13.3. The standard InChI is InChI=1S/C15H21FN2O2/c16-13-7-3-4-8-14(13)20-12-9-17-15(19)18-10-5-1-2-6-11-18/h3-4,7-8H,1-2,5-6,9-12H2,(H,17,19). The summed E-state index contributed by atoms with van der Waals surface area (Å²) in [5, 5.41) is 2.81. The first kappa shape index (κ1) is 14.6. The lowest BCUT2D eigenvalue weighted by Gasteiger charge is -2.20. The van der Waals surface area contributed by atoms with E-state index < -0.39 is 0 Å². The summed E-state index contributed by atoms with van der Waals surface area (Å²) < 4.78 is 18.6. The summed E-state index contributed by atoms with van der Waals surface area (Å²) in [6.45, 7) is 2.28. The molecule has 2 rings (SSSR count). The van der Waals surface area contributed by atoms with Crippen LogP contribution in [0.4, 0.5) is 9.18 Å². The zero-order valence-corrected chi connectivity index (χ0v) is 11.6. The van der Waals surface area contributed by atoms with Crippen LogP contribution in [0, 0.1) is 5.82 Å². The molecular weight excluding hydrogens is 259 g/mol. The minimum absolute atomic E-state index is 0.0518. The lowest BCUT2D eigenvalue weighted by Crippen LogP contribution is -2.41. The summed E-state index contributed by atoms with van der Waals surface area (Å²) in [5.41, 5.74) is 0. The molecule has 2 amide bonds. The van der Waals surface area contributed by atoms with Crippen molar-refractivity contribution in [1.29, 1.82) is 0 Å². The third-order valence-electron chi connectivity index (χ3n) is 3.37. The predicted octanol–water partition coefficient (Wildman–Crippen LogP) is 2.79. The number of carbonyl (C=O) groups is 1. The van der Waals surface area contributed by atoms with E-state index in [1.807, 2.05) is 4.90 Å². The largest absolute Gasteiger partial charge is 0.489 e. The van der Waals surface area contributed by atoms with Crippen LogP contribution in [-0.4, -0.2) is 37.2 Å². The first-order valence-corrected chi connectivity index (χ1v) is 7.17. The van der Waals surface area contributed by atoms with E-state index in [4.69, 9.17) is 4.74 Å². The number of nitrogens with zero attached hydrogens (tertiary/aromatic N) is 1. The molecule has 0 aromatic heterocycles. The van der Waals surface area contributed by atoms with Gasteiger partial charge in [-0.25, -0.2) is 9.18 Å². The quantitative estimate of drug-likeness (QED) is 0.862. The molecular formula is C15H21FN2O2. The summed E-state index contributed by atoms with van der Waals surface area (Å²) >= 11 is 0. The molecule has 0 bridgehead atoms. The van der Waals surface area contributed by atoms with Crippen molar-refractivity contribution >= 4 is 6.03 Å². The first-order chi connectivity index (χ1) is 9.77. The monoisotopic (exact) mass is 280 g/mol. The molecule has 0 saturated carbocycles. The average molecular weight is 280 g/mol. The molecule has 1 aliphatic heterocycles. The van der Waals surface area contributed by atoms with Gasteiger partial charge in [0.05, 0.1) is 6.54 Å². The van der Waals surface area contributed by atoms with Crippen molar-refractivity contribution in [2.24, 2.45) is 0 Å². The van der Waals surface area contributed by atoms with Crippen LogP contribution in [0.15, 0.2) is 24.3 Å². The fourth-order valence-corrected chi connectivity index (χ4v) is 2.27. The van der Waals surface area contributed by atoms with E-state index in [0.717, 1.165) is 25.9 Å². The Morgan fingerprint density at radius 1 is 1.20 bits per heavy atom. The molecule has 1 aliphatic rings. The molecule has 0 spiro atoms. The number of carbonyl (C=O) groups excluding carboxylic acids is 1. The molecule has 1 aromatic carbocycles. The molecule has 1 saturated heterocycles. The summed E-state index contributed by atoms with van der Waals surface area (Å²) in [6, 6.07) is 6.21. The van der Waals surface area contributed by atoms with Gasteiger partial charge in [-0.15, -0.1) is 0 Å². The molecule has 0 radical (unpaired) electrons. The highest BCUT2D eigenvalue weighted by atomic mass is 19.1. The summed E-state index contributed by atoms with van der Waals surface area (Å²) in [4.78, 5) is 13.8. The second-order valence-electron chi connectivity index (χ2n) is 4.91. The highest BCUT2D eigenvalue weighted by Gasteiger charge is 2.14. The molecule has 0 aliphatic carbocycles. The van der Waals surface area contributed by atoms with E-state index in [-0.39, 0.29) is 24.2 Å². The van der Waals surface area contributed by atoms with E-state index in [0.29, 0.717) is 6.54 Å². The van der Waals surface area contributed by atoms with Crippen molar-refractivity contribution < 1.29 is 13.9 Å². The Kier molecular flexibility index (Phi) is 5.65. The van der Waals surface area contributed by atoms with E-state index in [1.54, 1.807) is 18.2 Å². The number of hydrogen-bond acceptors (Lipinski definition) is 2. The molecule has 1 N–H and O–H groups in total. The van der Waals surface area contributed by atoms with Crippen LogP contribution >= 0.6 is 0 Å². The smallest absolute Gasteiger partial charge is 0.317 e. The zero-order chi connectivity index (χ0) is 14.2. The van der Waals surface area contributed by atoms with E-state index in [2.05, 4.69) is 5.32 Å². The van der Waals surface area contributed by atoms with Gasteiger partial charge in [0.2, 0.25) is 0 Å². The number of hydrogen-bond donors (Lipinski definition) is 1. The molecule has 1 fully saturated rings. The number of halogens is 1. The second-order valence-corrected chi connectivity index (χ2v) is 4.91. The molecule has 1 heterocycles. The summed E-state index contributed by atoms with van der Waals surface area (Å²) in [5.74, 6) is -0.164. The lowest BCUT2D eigenvalue weighted by molar-refractivity contribution is 0.196. The van der Waals surface area contributed by atoms with Crippen LogP contribution in [-0.2, 0) is 0 Å². The number of rotatable bonds is 4. The Morgan fingerprint density at radius 3 is 2.60 bits per heavy atom. The molecule has 0 unspecified atom stereocenters. The Bertz CT molecular complexity index is 432. The van der Waals surface area contributed by atoms with Gasteiger partial charge in [-0.2, -0.15) is 0 Å². The first-order valence-electron chi connectivity index (χ1n) is 7.17. The normalized spacial score (nSPS) is 15.6. The van der Waals surface area contributed by atoms with Crippen molar-refractivity contribution in [3.63, 3.8) is 0 Å². The minimum atomic E-state index is -0.383. The Labute approximate surface area is 118 Å². The number of likely N-dealkylation sites (tertiary alicyclic amines) is 1. The van der Waals surface area contributed by atoms with Gasteiger partial charge in [-0.05, 0) is 25.0 Å². The van der Waals surface area contributed by atoms with Gasteiger partial charge in [0, 0.05) is 13.1 Å². The Balaban J connectivity index is 1.67. The number of amides is 2. The van der Waals surface area contributed by atoms with Crippen LogP contribution in [0.25, 0.3) is 0 Å². The zero-order valence-electron chi connectivity index (χ0n) is 11.6. The average Bonchev–Trinajstić information content (AvgIpc) is 2.74. The fourth-order valence-electron chi connectivity index (χ4n) is 2.27. The van der Waals surface area contributed by atoms with Gasteiger partial charge in [-0.3, -0.25) is 0 Å². The highest BCUT2D eigenvalue weighted by Crippen LogP contribution is 2.14. The maximum Gasteiger partial charge on any atom is 0.317 e. The van der Waals surface area contributed by atoms with Gasteiger partial charge in [-0.1, -0.05) is 25.0 Å². The van der Waals surface area contributed by atoms with Crippen molar-refractivity contribution in [1.82, 2.24) is 10.2 Å². The van der Waals surface area contributed by atoms with Crippen molar-refractivity contribution in [2.75, 3.05) is 26.2 Å². The van der Waals surface area contributed by atoms with Crippen LogP contribution in [0.3, 0.4) is 0 Å². The van der Waals surface area contributed by atoms with Gasteiger partial charge < -0.3 is 15.0 Å². The van der Waals surface area contributed by atoms with Crippen molar-refractivity contribution in [3.05, 3.63) is 30.1 Å². The summed E-state index contributed by atoms with van der Waals surface area (Å²) in [6.07, 6.45) is 4.53. The predicted molar refractivity (Wildman–Crippen MR) is 75.3 cm³/mol. The van der Waals surface area contributed by atoms with E-state index >= 15 is 0 Å². The molecule has 4 nitrogen and oxygen atoms in total. The number of benzene rings is 1. The van der Waals surface area contributed by atoms with Gasteiger partial charge in [0.1, 0.15) is 6.61 Å². The Hall–Kier alpha value is -1.78. The summed E-state index contributed by atoms with van der Waals surface area (Å²) in [7, 11) is 0. The maximum atomic E-state index is 13.3. The third kappa shape index (κ3) is 4.40. The lowest BCUT2D eigenvalue weighted by atomic mass is 10.2. The van der Waals surface area contributed by atoms with Crippen LogP contribution in [0.1, 0.15) is 25.7 Å². The van der Waals surface area contributed by atoms with Crippen LogP contribution in [0.5, 0.6) is 5.75 Å². The van der Waals surface area contributed by atoms with Crippen molar-refractivity contribution in [2.45, 2.75) is 25.7 Å². The fraction of sp³-hybridized carbons (Fsp3) is 0.533. The second kappa shape index (κ2) is 7.72. The van der Waals surface area contributed by atoms with E-state index in [1.165, 1.54) is 18.9 Å². The number of urea groups is 1. The SMILES string of the molecule is O=C(NCCOc1ccccc1F)N1CCCCCC1. The Morgan fingerprint density at radius 2 is 1.90 bits per heavy atom. The third-order valence-corrected chi connectivity index (χ3v) is 3.37. The van der Waals surface area contributed by atoms with E-state index in [9.17, 15) is 9.18 Å². The number of para-hydroxylation sites is 1. The van der Waals surface area contributed by atoms with Gasteiger partial charge in [0.25, 0.3) is 0 Å². The highest BCUT2D eigenvalue weighted by molar-refractivity contribution is 5.74. The van der Waals surface area contributed by atoms with Crippen LogP contribution < -0.4 is 10.1 Å². The number of ether oxygens (including phenoxy) is 1. The topological polar surface area (TPSA) is 41.6 Å². The van der Waals surface area contributed by atoms with Crippen LogP contribution in [0.2, 0.25) is 0 Å². The minimum Gasteiger partial charge on any atom is -0.489 e. The molecule has 0 atom stereocenters. The van der Waals surface area contributed by atoms with Crippen molar-refractivity contribution in [3.8, 4) is 5.75 Å². The number of nitrogens with one attached hydrogen (secondary N) is 1. The molecule has 110 valence electrons. The molecule has 1 aromatic rings. The van der Waals surface area contributed by atoms with Gasteiger partial charge >= 0.3 is 6.03 Å². The molecule has 20 heavy (non-hydrogen) atoms.